The third-order valence-electron chi connectivity index (χ3n) is 5.00. The van der Waals surface area contributed by atoms with Gasteiger partial charge in [-0.3, -0.25) is 4.79 Å². The van der Waals surface area contributed by atoms with Crippen LogP contribution < -0.4 is 19.5 Å². The number of carbonyl (C=O) groups excluding carboxylic acids is 1. The van der Waals surface area contributed by atoms with Crippen molar-refractivity contribution >= 4 is 11.6 Å². The molecule has 0 bridgehead atoms. The van der Waals surface area contributed by atoms with Crippen LogP contribution in [0.15, 0.2) is 40.9 Å². The van der Waals surface area contributed by atoms with Gasteiger partial charge in [0.05, 0.1) is 36.2 Å². The molecular formula is C24H25F3N2O5. The summed E-state index contributed by atoms with van der Waals surface area (Å²) in [5.74, 6) is 0.816. The van der Waals surface area contributed by atoms with E-state index in [2.05, 4.69) is 10.5 Å². The smallest absolute Gasteiger partial charge is 0.416 e. The van der Waals surface area contributed by atoms with Gasteiger partial charge in [-0.15, -0.1) is 0 Å². The number of aromatic nitrogens is 1. The maximum atomic E-state index is 13.2. The average Bonchev–Trinajstić information content (AvgIpc) is 3.13. The maximum Gasteiger partial charge on any atom is 0.416 e. The fourth-order valence-electron chi connectivity index (χ4n) is 3.12. The minimum atomic E-state index is -4.56. The Balaban J connectivity index is 1.81. The van der Waals surface area contributed by atoms with Crippen molar-refractivity contribution in [2.45, 2.75) is 40.0 Å². The van der Waals surface area contributed by atoms with Gasteiger partial charge in [-0.05, 0) is 56.7 Å². The Bertz CT molecular complexity index is 1140. The molecule has 1 heterocycles. The Kier molecular flexibility index (Phi) is 7.70. The first kappa shape index (κ1) is 24.9. The minimum absolute atomic E-state index is 0.0778. The largest absolute Gasteiger partial charge is 0.493 e. The first-order chi connectivity index (χ1) is 16.1. The molecule has 3 aromatic rings. The predicted molar refractivity (Wildman–Crippen MR) is 118 cm³/mol. The van der Waals surface area contributed by atoms with Gasteiger partial charge in [-0.25, -0.2) is 0 Å². The number of methoxy groups -OCH3 is 1. The summed E-state index contributed by atoms with van der Waals surface area (Å²) in [6.45, 7) is 5.91. The van der Waals surface area contributed by atoms with E-state index >= 15 is 0 Å². The SMILES string of the molecule is CCCOc1ccc(C(F)(F)F)cc1NC(=O)c1ccc(OCc2c(C)noc2C)c(OC)c1. The summed E-state index contributed by atoms with van der Waals surface area (Å²) in [7, 11) is 1.42. The van der Waals surface area contributed by atoms with E-state index in [1.54, 1.807) is 19.9 Å². The summed E-state index contributed by atoms with van der Waals surface area (Å²) in [4.78, 5) is 12.8. The summed E-state index contributed by atoms with van der Waals surface area (Å²) in [5.41, 5.74) is 0.696. The lowest BCUT2D eigenvalue weighted by Gasteiger charge is -2.16. The van der Waals surface area contributed by atoms with Crippen molar-refractivity contribution in [2.75, 3.05) is 19.0 Å². The zero-order valence-electron chi connectivity index (χ0n) is 19.2. The molecule has 1 N–H and O–H groups in total. The van der Waals surface area contributed by atoms with Crippen LogP contribution in [-0.4, -0.2) is 24.8 Å². The van der Waals surface area contributed by atoms with Gasteiger partial charge < -0.3 is 24.1 Å². The molecule has 1 amide bonds. The lowest BCUT2D eigenvalue weighted by molar-refractivity contribution is -0.137. The number of nitrogens with one attached hydrogen (secondary N) is 1. The molecule has 3 rings (SSSR count). The van der Waals surface area contributed by atoms with Gasteiger partial charge in [0.2, 0.25) is 0 Å². The lowest BCUT2D eigenvalue weighted by Crippen LogP contribution is -2.15. The molecule has 0 saturated heterocycles. The molecule has 10 heteroatoms. The number of anilines is 1. The summed E-state index contributed by atoms with van der Waals surface area (Å²) < 4.78 is 61.3. The number of ether oxygens (including phenoxy) is 3. The lowest BCUT2D eigenvalue weighted by atomic mass is 10.1. The van der Waals surface area contributed by atoms with E-state index < -0.39 is 17.6 Å². The van der Waals surface area contributed by atoms with Crippen LogP contribution in [0, 0.1) is 13.8 Å². The summed E-state index contributed by atoms with van der Waals surface area (Å²) in [6, 6.07) is 7.43. The Labute approximate surface area is 194 Å². The number of halogens is 3. The molecule has 0 atom stereocenters. The summed E-state index contributed by atoms with van der Waals surface area (Å²) in [6.07, 6.45) is -3.91. The molecule has 0 unspecified atom stereocenters. The summed E-state index contributed by atoms with van der Waals surface area (Å²) in [5, 5.41) is 6.38. The first-order valence-corrected chi connectivity index (χ1v) is 10.5. The molecule has 0 spiro atoms. The van der Waals surface area contributed by atoms with Crippen LogP contribution in [0.25, 0.3) is 0 Å². The molecule has 2 aromatic carbocycles. The Morgan fingerprint density at radius 1 is 1.06 bits per heavy atom. The van der Waals surface area contributed by atoms with Gasteiger partial charge in [-0.1, -0.05) is 12.1 Å². The first-order valence-electron chi connectivity index (χ1n) is 10.5. The average molecular weight is 478 g/mol. The van der Waals surface area contributed by atoms with E-state index in [1.165, 1.54) is 25.3 Å². The van der Waals surface area contributed by atoms with Crippen molar-refractivity contribution in [1.29, 1.82) is 0 Å². The van der Waals surface area contributed by atoms with Crippen LogP contribution >= 0.6 is 0 Å². The number of nitrogens with zero attached hydrogens (tertiary/aromatic N) is 1. The number of alkyl halides is 3. The van der Waals surface area contributed by atoms with E-state index in [4.69, 9.17) is 18.7 Å². The number of benzene rings is 2. The zero-order valence-corrected chi connectivity index (χ0v) is 19.2. The van der Waals surface area contributed by atoms with Crippen LogP contribution in [0.4, 0.5) is 18.9 Å². The summed E-state index contributed by atoms with van der Waals surface area (Å²) >= 11 is 0. The standard InChI is InChI=1S/C24H25F3N2O5/c1-5-10-32-20-9-7-17(24(25,26)27)12-19(20)28-23(30)16-6-8-21(22(11-16)31-4)33-13-18-14(2)29-34-15(18)3/h6-9,11-12H,5,10,13H2,1-4H3,(H,28,30). The second kappa shape index (κ2) is 10.5. The highest BCUT2D eigenvalue weighted by Gasteiger charge is 2.31. The van der Waals surface area contributed by atoms with Crippen LogP contribution in [0.2, 0.25) is 0 Å². The van der Waals surface area contributed by atoms with Crippen molar-refractivity contribution in [1.82, 2.24) is 5.16 Å². The van der Waals surface area contributed by atoms with Gasteiger partial charge in [0, 0.05) is 5.56 Å². The van der Waals surface area contributed by atoms with Gasteiger partial charge in [0.1, 0.15) is 18.1 Å². The number of hydrogen-bond acceptors (Lipinski definition) is 6. The Hall–Kier alpha value is -3.69. The number of aryl methyl sites for hydroxylation is 2. The van der Waals surface area contributed by atoms with E-state index in [-0.39, 0.29) is 29.4 Å². The van der Waals surface area contributed by atoms with E-state index in [1.807, 2.05) is 6.92 Å². The fraction of sp³-hybridized carbons (Fsp3) is 0.333. The number of rotatable bonds is 9. The second-order valence-corrected chi connectivity index (χ2v) is 7.47. The second-order valence-electron chi connectivity index (χ2n) is 7.47. The molecular weight excluding hydrogens is 453 g/mol. The van der Waals surface area contributed by atoms with Crippen LogP contribution in [0.3, 0.4) is 0 Å². The molecule has 0 aliphatic carbocycles. The highest BCUT2D eigenvalue weighted by atomic mass is 19.4. The quantitative estimate of drug-likeness (QED) is 0.410. The predicted octanol–water partition coefficient (Wildman–Crippen LogP) is 5.94. The highest BCUT2D eigenvalue weighted by Crippen LogP contribution is 2.36. The molecule has 0 aliphatic heterocycles. The van der Waals surface area contributed by atoms with Crippen molar-refractivity contribution in [3.63, 3.8) is 0 Å². The van der Waals surface area contributed by atoms with Crippen molar-refractivity contribution in [3.05, 3.63) is 64.5 Å². The molecule has 34 heavy (non-hydrogen) atoms. The monoisotopic (exact) mass is 478 g/mol. The van der Waals surface area contributed by atoms with E-state index in [9.17, 15) is 18.0 Å². The fourth-order valence-corrected chi connectivity index (χ4v) is 3.12. The third-order valence-corrected chi connectivity index (χ3v) is 5.00. The van der Waals surface area contributed by atoms with Crippen LogP contribution in [0.5, 0.6) is 17.2 Å². The van der Waals surface area contributed by atoms with Gasteiger partial charge in [0.15, 0.2) is 11.5 Å². The maximum absolute atomic E-state index is 13.2. The van der Waals surface area contributed by atoms with Crippen LogP contribution in [-0.2, 0) is 12.8 Å². The van der Waals surface area contributed by atoms with E-state index in [0.29, 0.717) is 30.2 Å². The topological polar surface area (TPSA) is 82.8 Å². The van der Waals surface area contributed by atoms with Gasteiger partial charge in [-0.2, -0.15) is 13.2 Å². The molecule has 182 valence electrons. The molecule has 1 aromatic heterocycles. The normalized spacial score (nSPS) is 11.3. The van der Waals surface area contributed by atoms with Crippen molar-refractivity contribution in [2.24, 2.45) is 0 Å². The third kappa shape index (κ3) is 5.81. The van der Waals surface area contributed by atoms with Crippen molar-refractivity contribution in [3.8, 4) is 17.2 Å². The zero-order chi connectivity index (χ0) is 24.9. The number of hydrogen-bond donors (Lipinski definition) is 1. The highest BCUT2D eigenvalue weighted by molar-refractivity contribution is 6.05. The molecule has 0 fully saturated rings. The number of carbonyl (C=O) groups is 1. The Morgan fingerprint density at radius 2 is 1.79 bits per heavy atom. The van der Waals surface area contributed by atoms with Gasteiger partial charge in [0.25, 0.3) is 5.91 Å². The molecule has 0 saturated carbocycles. The minimum Gasteiger partial charge on any atom is -0.493 e. The molecule has 0 aliphatic rings. The van der Waals surface area contributed by atoms with E-state index in [0.717, 1.165) is 17.7 Å². The molecule has 7 nitrogen and oxygen atoms in total. The molecule has 0 radical (unpaired) electrons. The number of amides is 1. The van der Waals surface area contributed by atoms with Crippen molar-refractivity contribution < 1.29 is 36.7 Å². The van der Waals surface area contributed by atoms with Crippen LogP contribution in [0.1, 0.15) is 46.3 Å². The Morgan fingerprint density at radius 3 is 2.41 bits per heavy atom. The van der Waals surface area contributed by atoms with Gasteiger partial charge >= 0.3 is 6.18 Å².